The van der Waals surface area contributed by atoms with Crippen LogP contribution in [0.1, 0.15) is 47.2 Å². The molecule has 5 nitrogen and oxygen atoms in total. The standard InChI is InChI=1S/C18H24N2O3/c1-12-3-4-13(2)15(11-12)16(21)5-6-17(22)20-9-7-14(8-10-20)18(19)23/h3-4,11,14H,5-10H2,1-2H3,(H2,19,23). The van der Waals surface area contributed by atoms with Crippen molar-refractivity contribution in [1.82, 2.24) is 4.90 Å². The first kappa shape index (κ1) is 17.2. The number of benzene rings is 1. The molecule has 0 bridgehead atoms. The summed E-state index contributed by atoms with van der Waals surface area (Å²) in [5.74, 6) is -0.434. The second-order valence-corrected chi connectivity index (χ2v) is 6.30. The van der Waals surface area contributed by atoms with Crippen molar-refractivity contribution in [3.05, 3.63) is 34.9 Å². The zero-order valence-electron chi connectivity index (χ0n) is 13.8. The Bertz CT molecular complexity index is 617. The fourth-order valence-corrected chi connectivity index (χ4v) is 2.96. The van der Waals surface area contributed by atoms with E-state index in [-0.39, 0.29) is 36.4 Å². The minimum atomic E-state index is -0.290. The number of ketones is 1. The maximum absolute atomic E-state index is 12.3. The molecule has 5 heteroatoms. The van der Waals surface area contributed by atoms with Gasteiger partial charge in [0.25, 0.3) is 0 Å². The highest BCUT2D eigenvalue weighted by Gasteiger charge is 2.26. The number of nitrogens with zero attached hydrogens (tertiary/aromatic N) is 1. The topological polar surface area (TPSA) is 80.5 Å². The summed E-state index contributed by atoms with van der Waals surface area (Å²) in [6.45, 7) is 4.95. The van der Waals surface area contributed by atoms with Crippen LogP contribution in [0.15, 0.2) is 18.2 Å². The number of piperidine rings is 1. The number of hydrogen-bond donors (Lipinski definition) is 1. The van der Waals surface area contributed by atoms with Crippen LogP contribution < -0.4 is 5.73 Å². The van der Waals surface area contributed by atoms with Gasteiger partial charge in [0.15, 0.2) is 5.78 Å². The monoisotopic (exact) mass is 316 g/mol. The van der Waals surface area contributed by atoms with Gasteiger partial charge in [-0.3, -0.25) is 14.4 Å². The van der Waals surface area contributed by atoms with Crippen LogP contribution in [0.5, 0.6) is 0 Å². The van der Waals surface area contributed by atoms with Crippen molar-refractivity contribution in [1.29, 1.82) is 0 Å². The highest BCUT2D eigenvalue weighted by atomic mass is 16.2. The summed E-state index contributed by atoms with van der Waals surface area (Å²) in [4.78, 5) is 37.4. The first-order valence-corrected chi connectivity index (χ1v) is 8.06. The van der Waals surface area contributed by atoms with E-state index in [1.807, 2.05) is 32.0 Å². The van der Waals surface area contributed by atoms with Crippen LogP contribution in [0.4, 0.5) is 0 Å². The van der Waals surface area contributed by atoms with Crippen molar-refractivity contribution in [3.8, 4) is 0 Å². The van der Waals surface area contributed by atoms with Gasteiger partial charge >= 0.3 is 0 Å². The zero-order chi connectivity index (χ0) is 17.0. The molecule has 2 rings (SSSR count). The molecule has 0 spiro atoms. The van der Waals surface area contributed by atoms with Gasteiger partial charge in [-0.25, -0.2) is 0 Å². The average molecular weight is 316 g/mol. The van der Waals surface area contributed by atoms with E-state index in [0.717, 1.165) is 11.1 Å². The van der Waals surface area contributed by atoms with Crippen LogP contribution in [0, 0.1) is 19.8 Å². The summed E-state index contributed by atoms with van der Waals surface area (Å²) in [5, 5.41) is 0. The predicted octanol–water partition coefficient (Wildman–Crippen LogP) is 1.99. The van der Waals surface area contributed by atoms with Crippen molar-refractivity contribution in [2.45, 2.75) is 39.5 Å². The molecule has 124 valence electrons. The smallest absolute Gasteiger partial charge is 0.223 e. The molecule has 1 saturated heterocycles. The van der Waals surface area contributed by atoms with E-state index in [1.165, 1.54) is 0 Å². The summed E-state index contributed by atoms with van der Waals surface area (Å²) in [6, 6.07) is 5.78. The summed E-state index contributed by atoms with van der Waals surface area (Å²) in [6.07, 6.45) is 1.67. The Morgan fingerprint density at radius 3 is 2.39 bits per heavy atom. The van der Waals surface area contributed by atoms with Crippen LogP contribution in [0.25, 0.3) is 0 Å². The lowest BCUT2D eigenvalue weighted by atomic mass is 9.95. The lowest BCUT2D eigenvalue weighted by Crippen LogP contribution is -2.41. The molecular weight excluding hydrogens is 292 g/mol. The SMILES string of the molecule is Cc1ccc(C)c(C(=O)CCC(=O)N2CCC(C(N)=O)CC2)c1. The molecule has 0 unspecified atom stereocenters. The fraction of sp³-hybridized carbons (Fsp3) is 0.500. The highest BCUT2D eigenvalue weighted by Crippen LogP contribution is 2.19. The lowest BCUT2D eigenvalue weighted by Gasteiger charge is -2.30. The van der Waals surface area contributed by atoms with E-state index in [0.29, 0.717) is 31.5 Å². The molecule has 0 aliphatic carbocycles. The number of hydrogen-bond acceptors (Lipinski definition) is 3. The van der Waals surface area contributed by atoms with Gasteiger partial charge in [-0.15, -0.1) is 0 Å². The molecule has 0 aromatic heterocycles. The number of amides is 2. The van der Waals surface area contributed by atoms with Gasteiger partial charge in [0.2, 0.25) is 11.8 Å². The van der Waals surface area contributed by atoms with Gasteiger partial charge in [0.05, 0.1) is 0 Å². The third-order valence-corrected chi connectivity index (χ3v) is 4.51. The van der Waals surface area contributed by atoms with Gasteiger partial charge in [-0.1, -0.05) is 17.7 Å². The Morgan fingerprint density at radius 2 is 1.78 bits per heavy atom. The molecule has 2 amide bonds. The Kier molecular flexibility index (Phi) is 5.53. The van der Waals surface area contributed by atoms with E-state index in [4.69, 9.17) is 5.73 Å². The molecule has 23 heavy (non-hydrogen) atoms. The minimum Gasteiger partial charge on any atom is -0.369 e. The van der Waals surface area contributed by atoms with Gasteiger partial charge in [0, 0.05) is 37.4 Å². The van der Waals surface area contributed by atoms with Crippen molar-refractivity contribution in [2.75, 3.05) is 13.1 Å². The van der Waals surface area contributed by atoms with Crippen LogP contribution in [-0.2, 0) is 9.59 Å². The number of carbonyl (C=O) groups is 3. The van der Waals surface area contributed by atoms with Crippen molar-refractivity contribution in [2.24, 2.45) is 11.7 Å². The van der Waals surface area contributed by atoms with E-state index in [1.54, 1.807) is 4.90 Å². The maximum Gasteiger partial charge on any atom is 0.223 e. The lowest BCUT2D eigenvalue weighted by molar-refractivity contribution is -0.134. The molecular formula is C18H24N2O3. The summed E-state index contributed by atoms with van der Waals surface area (Å²) in [7, 11) is 0. The van der Waals surface area contributed by atoms with Crippen molar-refractivity contribution < 1.29 is 14.4 Å². The molecule has 1 aliphatic heterocycles. The van der Waals surface area contributed by atoms with E-state index < -0.39 is 0 Å². The molecule has 0 atom stereocenters. The van der Waals surface area contributed by atoms with E-state index in [9.17, 15) is 14.4 Å². The number of nitrogens with two attached hydrogens (primary N) is 1. The minimum absolute atomic E-state index is 0.00609. The quantitative estimate of drug-likeness (QED) is 0.844. The van der Waals surface area contributed by atoms with Crippen LogP contribution in [-0.4, -0.2) is 35.6 Å². The van der Waals surface area contributed by atoms with E-state index >= 15 is 0 Å². The number of Topliss-reactive ketones (excluding diaryl/α,β-unsaturated/α-hetero) is 1. The first-order chi connectivity index (χ1) is 10.9. The number of carbonyl (C=O) groups excluding carboxylic acids is 3. The fourth-order valence-electron chi connectivity index (χ4n) is 2.96. The van der Waals surface area contributed by atoms with Gasteiger partial charge in [0.1, 0.15) is 0 Å². The van der Waals surface area contributed by atoms with Crippen molar-refractivity contribution in [3.63, 3.8) is 0 Å². The number of likely N-dealkylation sites (tertiary alicyclic amines) is 1. The normalized spacial score (nSPS) is 15.5. The number of aryl methyl sites for hydroxylation is 2. The van der Waals surface area contributed by atoms with Crippen LogP contribution >= 0.6 is 0 Å². The van der Waals surface area contributed by atoms with Crippen LogP contribution in [0.3, 0.4) is 0 Å². The van der Waals surface area contributed by atoms with Gasteiger partial charge in [-0.2, -0.15) is 0 Å². The van der Waals surface area contributed by atoms with Gasteiger partial charge in [-0.05, 0) is 38.3 Å². The van der Waals surface area contributed by atoms with E-state index in [2.05, 4.69) is 0 Å². The van der Waals surface area contributed by atoms with Gasteiger partial charge < -0.3 is 10.6 Å². The Balaban J connectivity index is 1.86. The summed E-state index contributed by atoms with van der Waals surface area (Å²) in [5.41, 5.74) is 7.97. The third kappa shape index (κ3) is 4.41. The average Bonchev–Trinajstić information content (AvgIpc) is 2.54. The summed E-state index contributed by atoms with van der Waals surface area (Å²) < 4.78 is 0. The first-order valence-electron chi connectivity index (χ1n) is 8.06. The molecule has 1 aromatic rings. The molecule has 0 radical (unpaired) electrons. The number of primary amides is 1. The Morgan fingerprint density at radius 1 is 1.13 bits per heavy atom. The number of rotatable bonds is 5. The second-order valence-electron chi connectivity index (χ2n) is 6.30. The molecule has 1 fully saturated rings. The molecule has 0 saturated carbocycles. The molecule has 1 aliphatic rings. The van der Waals surface area contributed by atoms with Crippen molar-refractivity contribution >= 4 is 17.6 Å². The molecule has 1 aromatic carbocycles. The maximum atomic E-state index is 12.3. The summed E-state index contributed by atoms with van der Waals surface area (Å²) >= 11 is 0. The Labute approximate surface area is 136 Å². The largest absolute Gasteiger partial charge is 0.369 e. The van der Waals surface area contributed by atoms with Crippen LogP contribution in [0.2, 0.25) is 0 Å². The highest BCUT2D eigenvalue weighted by molar-refractivity contribution is 5.99. The molecule has 2 N–H and O–H groups in total. The predicted molar refractivity (Wildman–Crippen MR) is 88.0 cm³/mol. The zero-order valence-corrected chi connectivity index (χ0v) is 13.8. The second kappa shape index (κ2) is 7.40. The Hall–Kier alpha value is -2.17. The molecule has 1 heterocycles. The third-order valence-electron chi connectivity index (χ3n) is 4.51.